The van der Waals surface area contributed by atoms with E-state index in [4.69, 9.17) is 4.74 Å². The largest absolute Gasteiger partial charge is 0.476 e. The number of aromatic nitrogens is 4. The Morgan fingerprint density at radius 2 is 1.97 bits per heavy atom. The van der Waals surface area contributed by atoms with E-state index in [1.54, 1.807) is 19.3 Å². The van der Waals surface area contributed by atoms with Gasteiger partial charge in [-0.05, 0) is 43.5 Å². The zero-order chi connectivity index (χ0) is 21.7. The van der Waals surface area contributed by atoms with E-state index >= 15 is 0 Å². The number of rotatable bonds is 8. The van der Waals surface area contributed by atoms with Crippen LogP contribution in [0.1, 0.15) is 42.4 Å². The Hall–Kier alpha value is -3.22. The number of nitrogens with one attached hydrogen (secondary N) is 1. The van der Waals surface area contributed by atoms with Gasteiger partial charge in [-0.15, -0.1) is 5.10 Å². The molecule has 30 heavy (non-hydrogen) atoms. The van der Waals surface area contributed by atoms with Crippen molar-refractivity contribution in [2.24, 2.45) is 13.0 Å². The molecule has 158 valence electrons. The predicted octanol–water partition coefficient (Wildman–Crippen LogP) is 3.62. The molecule has 0 aromatic carbocycles. The third-order valence-electron chi connectivity index (χ3n) is 5.35. The van der Waals surface area contributed by atoms with Crippen molar-refractivity contribution in [2.75, 3.05) is 11.9 Å². The van der Waals surface area contributed by atoms with Crippen molar-refractivity contribution in [3.05, 3.63) is 75.6 Å². The van der Waals surface area contributed by atoms with Crippen molar-refractivity contribution in [1.82, 2.24) is 19.7 Å². The van der Waals surface area contributed by atoms with E-state index < -0.39 is 0 Å². The second kappa shape index (κ2) is 9.52. The Balaban J connectivity index is 1.67. The van der Waals surface area contributed by atoms with Gasteiger partial charge in [-0.25, -0.2) is 4.68 Å². The lowest BCUT2D eigenvalue weighted by atomic mass is 9.93. The van der Waals surface area contributed by atoms with Gasteiger partial charge < -0.3 is 10.1 Å². The molecule has 0 saturated heterocycles. The van der Waals surface area contributed by atoms with Gasteiger partial charge in [0.2, 0.25) is 5.88 Å². The van der Waals surface area contributed by atoms with Crippen molar-refractivity contribution in [1.29, 1.82) is 0 Å². The first-order valence-electron chi connectivity index (χ1n) is 10.1. The summed E-state index contributed by atoms with van der Waals surface area (Å²) in [6.07, 6.45) is 1.80. The molecule has 0 aliphatic heterocycles. The maximum Gasteiger partial charge on any atom is 0.290 e. The van der Waals surface area contributed by atoms with E-state index in [9.17, 15) is 4.79 Å². The maximum atomic E-state index is 12.5. The monoisotopic (exact) mass is 407 g/mol. The fourth-order valence-electron chi connectivity index (χ4n) is 3.17. The van der Waals surface area contributed by atoms with Gasteiger partial charge in [-0.3, -0.25) is 14.8 Å². The first kappa shape index (κ1) is 21.5. The highest BCUT2D eigenvalue weighted by Crippen LogP contribution is 2.23. The molecule has 0 aliphatic rings. The average molecular weight is 408 g/mol. The van der Waals surface area contributed by atoms with Crippen molar-refractivity contribution >= 4 is 5.69 Å². The summed E-state index contributed by atoms with van der Waals surface area (Å²) in [7, 11) is 1.62. The minimum atomic E-state index is -0.199. The molecule has 0 bridgehead atoms. The number of aryl methyl sites for hydroxylation is 3. The third-order valence-corrected chi connectivity index (χ3v) is 5.35. The second-order valence-corrected chi connectivity index (χ2v) is 7.71. The van der Waals surface area contributed by atoms with Crippen LogP contribution in [-0.2, 0) is 13.6 Å². The maximum absolute atomic E-state index is 12.5. The summed E-state index contributed by atoms with van der Waals surface area (Å²) in [5, 5.41) is 7.44. The van der Waals surface area contributed by atoms with Crippen LogP contribution < -0.4 is 15.6 Å². The number of hydrogen-bond acceptors (Lipinski definition) is 6. The summed E-state index contributed by atoms with van der Waals surface area (Å²) in [6.45, 7) is 9.16. The lowest BCUT2D eigenvalue weighted by molar-refractivity contribution is 0.228. The molecule has 7 nitrogen and oxygen atoms in total. The normalized spacial score (nSPS) is 13.0. The number of ether oxygens (including phenoxy) is 1. The van der Waals surface area contributed by atoms with E-state index in [0.717, 1.165) is 22.6 Å². The predicted molar refractivity (Wildman–Crippen MR) is 118 cm³/mol. The summed E-state index contributed by atoms with van der Waals surface area (Å²) < 4.78 is 7.22. The number of anilines is 1. The van der Waals surface area contributed by atoms with E-state index in [-0.39, 0.29) is 17.4 Å². The van der Waals surface area contributed by atoms with Crippen molar-refractivity contribution in [2.45, 2.75) is 40.2 Å². The van der Waals surface area contributed by atoms with Crippen molar-refractivity contribution in [3.63, 3.8) is 0 Å². The Morgan fingerprint density at radius 3 is 2.67 bits per heavy atom. The Labute approximate surface area is 177 Å². The van der Waals surface area contributed by atoms with Gasteiger partial charge in [0.15, 0.2) is 0 Å². The van der Waals surface area contributed by atoms with Crippen LogP contribution in [0.25, 0.3) is 0 Å². The van der Waals surface area contributed by atoms with Crippen molar-refractivity contribution < 1.29 is 4.74 Å². The summed E-state index contributed by atoms with van der Waals surface area (Å²) in [5.74, 6) is 0.892. The topological polar surface area (TPSA) is 81.9 Å². The smallest absolute Gasteiger partial charge is 0.290 e. The van der Waals surface area contributed by atoms with Crippen LogP contribution in [0.15, 0.2) is 47.4 Å². The number of hydrogen-bond donors (Lipinski definition) is 1. The molecule has 3 aromatic heterocycles. The lowest BCUT2D eigenvalue weighted by Gasteiger charge is -2.20. The Kier molecular flexibility index (Phi) is 6.82. The average Bonchev–Trinajstić information content (AvgIpc) is 2.74. The molecule has 0 aliphatic carbocycles. The highest BCUT2D eigenvalue weighted by molar-refractivity contribution is 5.44. The van der Waals surface area contributed by atoms with E-state index in [1.807, 2.05) is 44.2 Å². The Bertz CT molecular complexity index is 1050. The zero-order valence-corrected chi connectivity index (χ0v) is 18.2. The quantitative estimate of drug-likeness (QED) is 0.614. The molecule has 0 saturated carbocycles. The Morgan fingerprint density at radius 1 is 1.17 bits per heavy atom. The lowest BCUT2D eigenvalue weighted by Crippen LogP contribution is -2.25. The highest BCUT2D eigenvalue weighted by atomic mass is 16.5. The second-order valence-electron chi connectivity index (χ2n) is 7.71. The highest BCUT2D eigenvalue weighted by Gasteiger charge is 2.17. The van der Waals surface area contributed by atoms with Crippen LogP contribution in [0.2, 0.25) is 0 Å². The molecule has 3 rings (SSSR count). The molecule has 0 radical (unpaired) electrons. The molecule has 0 spiro atoms. The van der Waals surface area contributed by atoms with Crippen LogP contribution >= 0.6 is 0 Å². The zero-order valence-electron chi connectivity index (χ0n) is 18.2. The first-order chi connectivity index (χ1) is 14.3. The molecular weight excluding hydrogens is 378 g/mol. The van der Waals surface area contributed by atoms with Gasteiger partial charge in [0.1, 0.15) is 5.69 Å². The minimum absolute atomic E-state index is 0.199. The number of pyridine rings is 2. The van der Waals surface area contributed by atoms with Crippen molar-refractivity contribution in [3.8, 4) is 5.88 Å². The van der Waals surface area contributed by atoms with E-state index in [0.29, 0.717) is 24.7 Å². The van der Waals surface area contributed by atoms with Gasteiger partial charge in [-0.2, -0.15) is 0 Å². The van der Waals surface area contributed by atoms with Gasteiger partial charge in [0, 0.05) is 48.9 Å². The van der Waals surface area contributed by atoms with Gasteiger partial charge in [0.25, 0.3) is 5.56 Å². The SMILES string of the molecule is Cc1ccc(CNc2cc(OC[C@@H](C)[C@H](C)c3ccccn3)nn(C)c2=O)c(C)n1. The molecule has 0 fully saturated rings. The van der Waals surface area contributed by atoms with E-state index in [1.165, 1.54) is 4.68 Å². The van der Waals surface area contributed by atoms with Gasteiger partial charge in [0.05, 0.1) is 6.61 Å². The standard InChI is InChI=1S/C23H29N5O2/c1-15(17(3)20-8-6-7-11-24-20)14-30-22-12-21(23(29)28(5)27-22)25-13-19-10-9-16(2)26-18(19)4/h6-12,15,17,25H,13-14H2,1-5H3/t15-,17+/m1/s1. The molecule has 2 atom stereocenters. The van der Waals surface area contributed by atoms with Crippen LogP contribution in [0.3, 0.4) is 0 Å². The molecule has 0 unspecified atom stereocenters. The molecule has 1 N–H and O–H groups in total. The molecule has 3 aromatic rings. The minimum Gasteiger partial charge on any atom is -0.476 e. The molecular formula is C23H29N5O2. The summed E-state index contributed by atoms with van der Waals surface area (Å²) in [5.41, 5.74) is 4.25. The van der Waals surface area contributed by atoms with Crippen LogP contribution in [0.5, 0.6) is 5.88 Å². The molecule has 7 heteroatoms. The fraction of sp³-hybridized carbons (Fsp3) is 0.391. The molecule has 3 heterocycles. The van der Waals surface area contributed by atoms with E-state index in [2.05, 4.69) is 34.2 Å². The van der Waals surface area contributed by atoms with Crippen LogP contribution in [0, 0.1) is 19.8 Å². The fourth-order valence-corrected chi connectivity index (χ4v) is 3.17. The summed E-state index contributed by atoms with van der Waals surface area (Å²) >= 11 is 0. The van der Waals surface area contributed by atoms with Gasteiger partial charge >= 0.3 is 0 Å². The number of nitrogens with zero attached hydrogens (tertiary/aromatic N) is 4. The van der Waals surface area contributed by atoms with Crippen LogP contribution in [-0.4, -0.2) is 26.4 Å². The first-order valence-corrected chi connectivity index (χ1v) is 10.1. The van der Waals surface area contributed by atoms with Crippen LogP contribution in [0.4, 0.5) is 5.69 Å². The summed E-state index contributed by atoms with van der Waals surface area (Å²) in [6, 6.07) is 11.6. The van der Waals surface area contributed by atoms with Gasteiger partial charge in [-0.1, -0.05) is 26.0 Å². The third kappa shape index (κ3) is 5.23. The summed E-state index contributed by atoms with van der Waals surface area (Å²) in [4.78, 5) is 21.4. The molecule has 0 amide bonds.